The minimum atomic E-state index is 0.133. The van der Waals surface area contributed by atoms with Crippen LogP contribution >= 0.6 is 11.3 Å². The topological polar surface area (TPSA) is 42.4 Å². The molecule has 0 saturated heterocycles. The van der Waals surface area contributed by atoms with Gasteiger partial charge in [0.1, 0.15) is 12.3 Å². The van der Waals surface area contributed by atoms with Crippen LogP contribution in [0.25, 0.3) is 0 Å². The predicted octanol–water partition coefficient (Wildman–Crippen LogP) is 2.81. The van der Waals surface area contributed by atoms with Gasteiger partial charge in [-0.25, -0.2) is 4.98 Å². The number of aryl methyl sites for hydroxylation is 2. The molecule has 0 N–H and O–H groups in total. The summed E-state index contributed by atoms with van der Waals surface area (Å²) in [6.07, 6.45) is 3.07. The van der Waals surface area contributed by atoms with Gasteiger partial charge < -0.3 is 9.64 Å². The number of carbonyl (C=O) groups excluding carboxylic acids is 1. The zero-order chi connectivity index (χ0) is 13.9. The molecule has 0 aliphatic carbocycles. The van der Waals surface area contributed by atoms with Crippen molar-refractivity contribution in [3.63, 3.8) is 0 Å². The molecule has 0 spiro atoms. The Morgan fingerprint density at radius 2 is 2.45 bits per heavy atom. The van der Waals surface area contributed by atoms with E-state index in [9.17, 15) is 4.79 Å². The van der Waals surface area contributed by atoms with Crippen LogP contribution in [0.5, 0.6) is 5.88 Å². The summed E-state index contributed by atoms with van der Waals surface area (Å²) < 4.78 is 5.51. The monoisotopic (exact) mass is 288 g/mol. The number of anilines is 1. The molecule has 20 heavy (non-hydrogen) atoms. The lowest BCUT2D eigenvalue weighted by atomic mass is 10.1. The number of amides is 1. The lowest BCUT2D eigenvalue weighted by molar-refractivity contribution is -0.118. The number of hydrogen-bond acceptors (Lipinski definition) is 4. The zero-order valence-electron chi connectivity index (χ0n) is 11.3. The lowest BCUT2D eigenvalue weighted by Crippen LogP contribution is -2.38. The first-order valence-electron chi connectivity index (χ1n) is 6.65. The molecule has 0 atom stereocenters. The van der Waals surface area contributed by atoms with Crippen LogP contribution in [0.3, 0.4) is 0 Å². The smallest absolute Gasteiger partial charge is 0.238 e. The SMILES string of the molecule is Cc1cnc2c(c1)N(C(=O)CCc1ccsc1)CCO2. The van der Waals surface area contributed by atoms with Gasteiger partial charge in [-0.1, -0.05) is 0 Å². The van der Waals surface area contributed by atoms with E-state index in [-0.39, 0.29) is 5.91 Å². The highest BCUT2D eigenvalue weighted by Gasteiger charge is 2.24. The normalized spacial score (nSPS) is 13.8. The van der Waals surface area contributed by atoms with Crippen LogP contribution in [0.2, 0.25) is 0 Å². The van der Waals surface area contributed by atoms with E-state index in [1.807, 2.05) is 18.4 Å². The van der Waals surface area contributed by atoms with Gasteiger partial charge in [-0.2, -0.15) is 11.3 Å². The summed E-state index contributed by atoms with van der Waals surface area (Å²) in [5.41, 5.74) is 3.05. The standard InChI is InChI=1S/C15H16N2O2S/c1-11-8-13-15(16-9-11)19-6-5-17(13)14(18)3-2-12-4-7-20-10-12/h4,7-10H,2-3,5-6H2,1H3. The number of thiophene rings is 1. The second-order valence-corrected chi connectivity index (χ2v) is 5.64. The Bertz CT molecular complexity index is 610. The number of fused-ring (bicyclic) bond motifs is 1. The minimum absolute atomic E-state index is 0.133. The molecule has 1 amide bonds. The number of hydrogen-bond donors (Lipinski definition) is 0. The van der Waals surface area contributed by atoms with Crippen LogP contribution in [0.4, 0.5) is 5.69 Å². The third-order valence-electron chi connectivity index (χ3n) is 3.32. The quantitative estimate of drug-likeness (QED) is 0.872. The van der Waals surface area contributed by atoms with E-state index < -0.39 is 0 Å². The molecule has 0 radical (unpaired) electrons. The molecule has 1 aliphatic heterocycles. The first kappa shape index (κ1) is 13.1. The van der Waals surface area contributed by atoms with E-state index in [2.05, 4.69) is 16.4 Å². The molecule has 4 nitrogen and oxygen atoms in total. The van der Waals surface area contributed by atoms with Crippen molar-refractivity contribution in [1.29, 1.82) is 0 Å². The number of aromatic nitrogens is 1. The third kappa shape index (κ3) is 2.67. The van der Waals surface area contributed by atoms with Gasteiger partial charge in [0.25, 0.3) is 0 Å². The zero-order valence-corrected chi connectivity index (χ0v) is 12.2. The van der Waals surface area contributed by atoms with Gasteiger partial charge >= 0.3 is 0 Å². The number of pyridine rings is 1. The van der Waals surface area contributed by atoms with Crippen molar-refractivity contribution >= 4 is 22.9 Å². The highest BCUT2D eigenvalue weighted by molar-refractivity contribution is 7.07. The van der Waals surface area contributed by atoms with E-state index in [1.54, 1.807) is 22.4 Å². The summed E-state index contributed by atoms with van der Waals surface area (Å²) in [6.45, 7) is 3.07. The van der Waals surface area contributed by atoms with Crippen molar-refractivity contribution in [2.75, 3.05) is 18.1 Å². The average Bonchev–Trinajstić information content (AvgIpc) is 2.97. The molecule has 2 aromatic rings. The molecule has 0 fully saturated rings. The van der Waals surface area contributed by atoms with Gasteiger partial charge in [0, 0.05) is 12.6 Å². The Morgan fingerprint density at radius 3 is 3.25 bits per heavy atom. The molecule has 104 valence electrons. The van der Waals surface area contributed by atoms with Crippen molar-refractivity contribution < 1.29 is 9.53 Å². The fourth-order valence-corrected chi connectivity index (χ4v) is 2.98. The molecular formula is C15H16N2O2S. The Hall–Kier alpha value is -1.88. The maximum atomic E-state index is 12.4. The molecule has 3 rings (SSSR count). The summed E-state index contributed by atoms with van der Waals surface area (Å²) in [6, 6.07) is 4.03. The maximum Gasteiger partial charge on any atom is 0.238 e. The Labute approximate surface area is 122 Å². The number of carbonyl (C=O) groups is 1. The van der Waals surface area contributed by atoms with E-state index in [0.717, 1.165) is 17.7 Å². The van der Waals surface area contributed by atoms with E-state index in [1.165, 1.54) is 5.56 Å². The summed E-state index contributed by atoms with van der Waals surface area (Å²) in [5.74, 6) is 0.693. The first-order valence-corrected chi connectivity index (χ1v) is 7.59. The second kappa shape index (κ2) is 5.63. The van der Waals surface area contributed by atoms with Crippen LogP contribution in [-0.2, 0) is 11.2 Å². The van der Waals surface area contributed by atoms with Gasteiger partial charge in [0.15, 0.2) is 0 Å². The van der Waals surface area contributed by atoms with Crippen LogP contribution in [0.15, 0.2) is 29.1 Å². The number of nitrogens with zero attached hydrogens (tertiary/aromatic N) is 2. The number of ether oxygens (including phenoxy) is 1. The molecule has 3 heterocycles. The van der Waals surface area contributed by atoms with E-state index in [0.29, 0.717) is 25.5 Å². The molecule has 1 aliphatic rings. The van der Waals surface area contributed by atoms with Crippen LogP contribution < -0.4 is 9.64 Å². The van der Waals surface area contributed by atoms with Crippen molar-refractivity contribution in [2.24, 2.45) is 0 Å². The van der Waals surface area contributed by atoms with Crippen LogP contribution in [-0.4, -0.2) is 24.0 Å². The largest absolute Gasteiger partial charge is 0.474 e. The first-order chi connectivity index (χ1) is 9.74. The number of rotatable bonds is 3. The minimum Gasteiger partial charge on any atom is -0.474 e. The van der Waals surface area contributed by atoms with E-state index in [4.69, 9.17) is 4.74 Å². The van der Waals surface area contributed by atoms with Crippen molar-refractivity contribution in [3.05, 3.63) is 40.2 Å². The average molecular weight is 288 g/mol. The van der Waals surface area contributed by atoms with Crippen LogP contribution in [0, 0.1) is 6.92 Å². The van der Waals surface area contributed by atoms with Gasteiger partial charge in [0.05, 0.1) is 6.54 Å². The Balaban J connectivity index is 1.74. The van der Waals surface area contributed by atoms with Crippen molar-refractivity contribution in [1.82, 2.24) is 4.98 Å². The van der Waals surface area contributed by atoms with Crippen LogP contribution in [0.1, 0.15) is 17.5 Å². The highest BCUT2D eigenvalue weighted by atomic mass is 32.1. The van der Waals surface area contributed by atoms with Crippen molar-refractivity contribution in [2.45, 2.75) is 19.8 Å². The summed E-state index contributed by atoms with van der Waals surface area (Å²) in [7, 11) is 0. The molecule has 2 aromatic heterocycles. The summed E-state index contributed by atoms with van der Waals surface area (Å²) in [4.78, 5) is 18.5. The van der Waals surface area contributed by atoms with Gasteiger partial charge in [-0.3, -0.25) is 4.79 Å². The maximum absolute atomic E-state index is 12.4. The summed E-state index contributed by atoms with van der Waals surface area (Å²) in [5, 5.41) is 4.13. The predicted molar refractivity (Wildman–Crippen MR) is 79.5 cm³/mol. The molecule has 5 heteroatoms. The summed E-state index contributed by atoms with van der Waals surface area (Å²) >= 11 is 1.66. The molecule has 0 unspecified atom stereocenters. The lowest BCUT2D eigenvalue weighted by Gasteiger charge is -2.29. The molecule has 0 aromatic carbocycles. The molecule has 0 bridgehead atoms. The van der Waals surface area contributed by atoms with Crippen molar-refractivity contribution in [3.8, 4) is 5.88 Å². The third-order valence-corrected chi connectivity index (χ3v) is 4.05. The Morgan fingerprint density at radius 1 is 1.55 bits per heavy atom. The fraction of sp³-hybridized carbons (Fsp3) is 0.333. The van der Waals surface area contributed by atoms with Gasteiger partial charge in [0.2, 0.25) is 11.8 Å². The van der Waals surface area contributed by atoms with Gasteiger partial charge in [-0.05, 0) is 47.4 Å². The molecule has 0 saturated carbocycles. The second-order valence-electron chi connectivity index (χ2n) is 4.86. The molecular weight excluding hydrogens is 272 g/mol. The van der Waals surface area contributed by atoms with E-state index >= 15 is 0 Å². The fourth-order valence-electron chi connectivity index (χ4n) is 2.28. The van der Waals surface area contributed by atoms with Gasteiger partial charge in [-0.15, -0.1) is 0 Å². The highest BCUT2D eigenvalue weighted by Crippen LogP contribution is 2.30. The Kier molecular flexibility index (Phi) is 3.69.